The number of hydrogen-bond donors (Lipinski definition) is 1. The molecule has 2 nitrogen and oxygen atoms in total. The van der Waals surface area contributed by atoms with E-state index in [1.165, 1.54) is 25.8 Å². The molecule has 0 bridgehead atoms. The van der Waals surface area contributed by atoms with Crippen LogP contribution in [0.2, 0.25) is 0 Å². The summed E-state index contributed by atoms with van der Waals surface area (Å²) in [5.74, 6) is 1.97. The van der Waals surface area contributed by atoms with E-state index in [-0.39, 0.29) is 0 Å². The van der Waals surface area contributed by atoms with Crippen LogP contribution >= 0.6 is 0 Å². The van der Waals surface area contributed by atoms with Gasteiger partial charge in [0, 0.05) is 12.6 Å². The maximum Gasteiger partial charge on any atom is 0.0246 e. The highest BCUT2D eigenvalue weighted by Crippen LogP contribution is 2.43. The molecule has 2 unspecified atom stereocenters. The quantitative estimate of drug-likeness (QED) is 0.633. The van der Waals surface area contributed by atoms with E-state index in [1.54, 1.807) is 0 Å². The first-order valence-electron chi connectivity index (χ1n) is 4.73. The molecule has 1 saturated heterocycles. The minimum Gasteiger partial charge on any atom is -0.329 e. The van der Waals surface area contributed by atoms with Crippen molar-refractivity contribution in [3.8, 4) is 0 Å². The number of nitrogens with zero attached hydrogens (tertiary/aromatic N) is 1. The summed E-state index contributed by atoms with van der Waals surface area (Å²) in [6.07, 6.45) is 4.33. The molecule has 1 heterocycles. The van der Waals surface area contributed by atoms with E-state index in [2.05, 4.69) is 11.9 Å². The van der Waals surface area contributed by atoms with Crippen molar-refractivity contribution in [1.29, 1.82) is 0 Å². The van der Waals surface area contributed by atoms with Gasteiger partial charge in [0.25, 0.3) is 0 Å². The van der Waals surface area contributed by atoms with Gasteiger partial charge in [0.15, 0.2) is 0 Å². The minimum atomic E-state index is 0.697. The topological polar surface area (TPSA) is 29.3 Å². The zero-order chi connectivity index (χ0) is 7.84. The summed E-state index contributed by atoms with van der Waals surface area (Å²) in [7, 11) is 2.21. The van der Waals surface area contributed by atoms with Crippen molar-refractivity contribution in [2.75, 3.05) is 20.1 Å². The van der Waals surface area contributed by atoms with Gasteiger partial charge in [0.1, 0.15) is 0 Å². The molecule has 2 heteroatoms. The van der Waals surface area contributed by atoms with E-state index in [4.69, 9.17) is 5.73 Å². The van der Waals surface area contributed by atoms with Crippen LogP contribution in [0, 0.1) is 11.8 Å². The summed E-state index contributed by atoms with van der Waals surface area (Å²) in [6.45, 7) is 2.13. The Hall–Kier alpha value is -0.0800. The number of rotatable bonds is 2. The average Bonchev–Trinajstić information content (AvgIpc) is 2.76. The molecule has 0 amide bonds. The molecule has 0 aromatic rings. The Kier molecular flexibility index (Phi) is 1.90. The SMILES string of the molecule is CN1CCC(C2CC2)C1CN. The zero-order valence-electron chi connectivity index (χ0n) is 7.29. The minimum absolute atomic E-state index is 0.697. The molecule has 1 aliphatic carbocycles. The lowest BCUT2D eigenvalue weighted by Crippen LogP contribution is -2.37. The van der Waals surface area contributed by atoms with Gasteiger partial charge >= 0.3 is 0 Å². The van der Waals surface area contributed by atoms with Gasteiger partial charge < -0.3 is 10.6 Å². The standard InChI is InChI=1S/C9H18N2/c1-11-5-4-8(7-2-3-7)9(11)6-10/h7-9H,2-6,10H2,1H3. The summed E-state index contributed by atoms with van der Waals surface area (Å²) in [6, 6.07) is 0.697. The molecule has 1 aliphatic heterocycles. The van der Waals surface area contributed by atoms with Crippen molar-refractivity contribution in [1.82, 2.24) is 4.90 Å². The molecule has 2 atom stereocenters. The number of nitrogens with two attached hydrogens (primary N) is 1. The van der Waals surface area contributed by atoms with Gasteiger partial charge in [-0.3, -0.25) is 0 Å². The molecule has 2 aliphatic rings. The average molecular weight is 154 g/mol. The normalized spacial score (nSPS) is 39.8. The van der Waals surface area contributed by atoms with Gasteiger partial charge in [-0.15, -0.1) is 0 Å². The maximum atomic E-state index is 5.74. The fourth-order valence-corrected chi connectivity index (χ4v) is 2.47. The lowest BCUT2D eigenvalue weighted by Gasteiger charge is -2.22. The summed E-state index contributed by atoms with van der Waals surface area (Å²) >= 11 is 0. The smallest absolute Gasteiger partial charge is 0.0246 e. The van der Waals surface area contributed by atoms with Crippen LogP contribution in [-0.2, 0) is 0 Å². The monoisotopic (exact) mass is 154 g/mol. The van der Waals surface area contributed by atoms with Crippen LogP contribution in [-0.4, -0.2) is 31.1 Å². The molecule has 2 rings (SSSR count). The van der Waals surface area contributed by atoms with Crippen molar-refractivity contribution >= 4 is 0 Å². The fraction of sp³-hybridized carbons (Fsp3) is 1.00. The molecular formula is C9H18N2. The van der Waals surface area contributed by atoms with Gasteiger partial charge in [0.2, 0.25) is 0 Å². The van der Waals surface area contributed by atoms with Gasteiger partial charge in [-0.1, -0.05) is 0 Å². The molecule has 0 spiro atoms. The summed E-state index contributed by atoms with van der Waals surface area (Å²) in [5, 5.41) is 0. The van der Waals surface area contributed by atoms with Crippen molar-refractivity contribution in [2.45, 2.75) is 25.3 Å². The Bertz CT molecular complexity index is 142. The Balaban J connectivity index is 1.97. The summed E-state index contributed by atoms with van der Waals surface area (Å²) < 4.78 is 0. The van der Waals surface area contributed by atoms with Crippen molar-refractivity contribution in [2.24, 2.45) is 17.6 Å². The Labute approximate surface area is 68.7 Å². The molecule has 2 N–H and O–H groups in total. The summed E-state index contributed by atoms with van der Waals surface area (Å²) in [4.78, 5) is 2.43. The second-order valence-corrected chi connectivity index (χ2v) is 4.07. The summed E-state index contributed by atoms with van der Waals surface area (Å²) in [5.41, 5.74) is 5.74. The van der Waals surface area contributed by atoms with Crippen LogP contribution in [0.1, 0.15) is 19.3 Å². The Morgan fingerprint density at radius 2 is 2.09 bits per heavy atom. The Morgan fingerprint density at radius 3 is 2.64 bits per heavy atom. The fourth-order valence-electron chi connectivity index (χ4n) is 2.47. The van der Waals surface area contributed by atoms with E-state index in [1.807, 2.05) is 0 Å². The van der Waals surface area contributed by atoms with Crippen LogP contribution in [0.3, 0.4) is 0 Å². The van der Waals surface area contributed by atoms with Crippen LogP contribution in [0.15, 0.2) is 0 Å². The van der Waals surface area contributed by atoms with Crippen LogP contribution in [0.4, 0.5) is 0 Å². The second kappa shape index (κ2) is 2.76. The number of hydrogen-bond acceptors (Lipinski definition) is 2. The lowest BCUT2D eigenvalue weighted by atomic mass is 9.95. The highest BCUT2D eigenvalue weighted by atomic mass is 15.2. The third-order valence-corrected chi connectivity index (χ3v) is 3.34. The van der Waals surface area contributed by atoms with Crippen molar-refractivity contribution in [3.63, 3.8) is 0 Å². The van der Waals surface area contributed by atoms with Gasteiger partial charge in [-0.25, -0.2) is 0 Å². The molecule has 0 aromatic heterocycles. The first-order valence-corrected chi connectivity index (χ1v) is 4.73. The third kappa shape index (κ3) is 1.30. The molecule has 11 heavy (non-hydrogen) atoms. The molecule has 64 valence electrons. The van der Waals surface area contributed by atoms with Gasteiger partial charge in [0.05, 0.1) is 0 Å². The molecule has 2 fully saturated rings. The molecule has 0 radical (unpaired) electrons. The van der Waals surface area contributed by atoms with Crippen LogP contribution in [0.25, 0.3) is 0 Å². The number of likely N-dealkylation sites (N-methyl/N-ethyl adjacent to an activating group) is 1. The van der Waals surface area contributed by atoms with Gasteiger partial charge in [-0.2, -0.15) is 0 Å². The first kappa shape index (κ1) is 7.56. The highest BCUT2D eigenvalue weighted by Gasteiger charge is 2.40. The maximum absolute atomic E-state index is 5.74. The van der Waals surface area contributed by atoms with E-state index in [0.717, 1.165) is 18.4 Å². The lowest BCUT2D eigenvalue weighted by molar-refractivity contribution is 0.263. The van der Waals surface area contributed by atoms with E-state index < -0.39 is 0 Å². The van der Waals surface area contributed by atoms with E-state index in [0.29, 0.717) is 6.04 Å². The van der Waals surface area contributed by atoms with E-state index in [9.17, 15) is 0 Å². The van der Waals surface area contributed by atoms with Crippen LogP contribution < -0.4 is 5.73 Å². The number of likely N-dealkylation sites (tertiary alicyclic amines) is 1. The molecule has 0 aromatic carbocycles. The highest BCUT2D eigenvalue weighted by molar-refractivity contribution is 4.94. The van der Waals surface area contributed by atoms with E-state index >= 15 is 0 Å². The molecular weight excluding hydrogens is 136 g/mol. The van der Waals surface area contributed by atoms with Crippen molar-refractivity contribution < 1.29 is 0 Å². The largest absolute Gasteiger partial charge is 0.329 e. The van der Waals surface area contributed by atoms with Crippen LogP contribution in [0.5, 0.6) is 0 Å². The first-order chi connectivity index (χ1) is 5.33. The van der Waals surface area contributed by atoms with Crippen molar-refractivity contribution in [3.05, 3.63) is 0 Å². The third-order valence-electron chi connectivity index (χ3n) is 3.34. The predicted molar refractivity (Wildman–Crippen MR) is 46.3 cm³/mol. The zero-order valence-corrected chi connectivity index (χ0v) is 7.29. The Morgan fingerprint density at radius 1 is 1.36 bits per heavy atom. The molecule has 1 saturated carbocycles. The van der Waals surface area contributed by atoms with Gasteiger partial charge in [-0.05, 0) is 44.7 Å². The predicted octanol–water partition coefficient (Wildman–Crippen LogP) is 0.675. The second-order valence-electron chi connectivity index (χ2n) is 4.07.